The molecule has 1 aliphatic heterocycles. The van der Waals surface area contributed by atoms with E-state index >= 15 is 0 Å². The van der Waals surface area contributed by atoms with Gasteiger partial charge in [-0.2, -0.15) is 0 Å². The lowest BCUT2D eigenvalue weighted by molar-refractivity contribution is -0.250. The smallest absolute Gasteiger partial charge is 0.308 e. The molecular weight excluding hydrogens is 392 g/mol. The van der Waals surface area contributed by atoms with E-state index in [4.69, 9.17) is 14.2 Å². The Hall–Kier alpha value is -0.650. The van der Waals surface area contributed by atoms with E-state index in [1.54, 1.807) is 0 Å². The fraction of sp³-hybridized carbons (Fsp3) is 0.962. The van der Waals surface area contributed by atoms with Crippen molar-refractivity contribution in [1.82, 2.24) is 0 Å². The molecule has 8 atom stereocenters. The fourth-order valence-electron chi connectivity index (χ4n) is 9.29. The maximum atomic E-state index is 12.3. The van der Waals surface area contributed by atoms with Crippen LogP contribution >= 0.6 is 0 Å². The topological polar surface area (TPSA) is 65.0 Å². The molecule has 4 aliphatic carbocycles. The number of carbonyl (C=O) groups excluding carboxylic acids is 1. The van der Waals surface area contributed by atoms with Crippen LogP contribution in [0, 0.1) is 40.4 Å². The molecule has 5 heteroatoms. The van der Waals surface area contributed by atoms with E-state index in [-0.39, 0.29) is 23.6 Å². The first-order valence-corrected chi connectivity index (χ1v) is 12.8. The van der Waals surface area contributed by atoms with Gasteiger partial charge in [0, 0.05) is 12.8 Å². The van der Waals surface area contributed by atoms with Gasteiger partial charge in [-0.25, -0.2) is 0 Å². The zero-order valence-electron chi connectivity index (χ0n) is 20.0. The van der Waals surface area contributed by atoms with Crippen molar-refractivity contribution in [3.8, 4) is 0 Å². The first kappa shape index (κ1) is 22.2. The zero-order chi connectivity index (χ0) is 22.1. The van der Waals surface area contributed by atoms with Crippen molar-refractivity contribution in [3.05, 3.63) is 0 Å². The summed E-state index contributed by atoms with van der Waals surface area (Å²) in [5, 5.41) is 11.7. The number of aliphatic hydroxyl groups is 1. The van der Waals surface area contributed by atoms with Crippen LogP contribution in [0.25, 0.3) is 0 Å². The molecule has 1 spiro atoms. The SMILES string of the molecule is CCOC(=O)C[C@]1(O)CC[C@H]2[C@@H]3CC[C@H]4CC5(C[C@H](C)[C@]4(C)[C@H]3CC[C@@]21C)OCCO5. The average molecular weight is 435 g/mol. The number of fused-ring (bicyclic) bond motifs is 5. The van der Waals surface area contributed by atoms with Crippen LogP contribution in [0.5, 0.6) is 0 Å². The highest BCUT2D eigenvalue weighted by Gasteiger charge is 2.67. The van der Waals surface area contributed by atoms with Gasteiger partial charge in [0.1, 0.15) is 0 Å². The summed E-state index contributed by atoms with van der Waals surface area (Å²) >= 11 is 0. The van der Waals surface area contributed by atoms with Gasteiger partial charge in [-0.1, -0.05) is 20.8 Å². The van der Waals surface area contributed by atoms with Crippen molar-refractivity contribution in [2.24, 2.45) is 40.4 Å². The molecule has 4 saturated carbocycles. The van der Waals surface area contributed by atoms with Crippen LogP contribution in [-0.2, 0) is 19.0 Å². The summed E-state index contributed by atoms with van der Waals surface area (Å²) < 4.78 is 17.5. The van der Waals surface area contributed by atoms with E-state index in [0.29, 0.717) is 41.6 Å². The van der Waals surface area contributed by atoms with Crippen LogP contribution in [0.4, 0.5) is 0 Å². The van der Waals surface area contributed by atoms with Gasteiger partial charge in [-0.05, 0) is 85.9 Å². The monoisotopic (exact) mass is 434 g/mol. The van der Waals surface area contributed by atoms with Crippen LogP contribution in [0.3, 0.4) is 0 Å². The van der Waals surface area contributed by atoms with Crippen molar-refractivity contribution >= 4 is 5.97 Å². The van der Waals surface area contributed by atoms with Gasteiger partial charge in [-0.15, -0.1) is 0 Å². The first-order valence-electron chi connectivity index (χ1n) is 12.8. The Balaban J connectivity index is 1.38. The minimum Gasteiger partial charge on any atom is -0.466 e. The normalized spacial score (nSPS) is 50.5. The summed E-state index contributed by atoms with van der Waals surface area (Å²) in [5.74, 6) is 2.51. The van der Waals surface area contributed by atoms with E-state index < -0.39 is 5.60 Å². The molecule has 31 heavy (non-hydrogen) atoms. The van der Waals surface area contributed by atoms with Crippen molar-refractivity contribution in [2.75, 3.05) is 19.8 Å². The van der Waals surface area contributed by atoms with Crippen molar-refractivity contribution in [1.29, 1.82) is 0 Å². The van der Waals surface area contributed by atoms with Crippen LogP contribution in [0.1, 0.15) is 85.5 Å². The van der Waals surface area contributed by atoms with Crippen molar-refractivity contribution < 1.29 is 24.1 Å². The standard InChI is InChI=1S/C26H42O5/c1-5-29-22(27)16-25(28)11-9-20-19-7-6-18-15-26(30-12-13-31-26)14-17(2)24(18,4)21(19)8-10-23(20,25)3/h17-21,28H,5-16H2,1-4H3/t17-,18-,19-,20-,21-,23-,24-,25+/m0/s1. The fourth-order valence-corrected chi connectivity index (χ4v) is 9.29. The minimum absolute atomic E-state index is 0.152. The third kappa shape index (κ3) is 3.09. The Kier molecular flexibility index (Phi) is 5.31. The van der Waals surface area contributed by atoms with Crippen LogP contribution in [-0.4, -0.2) is 42.3 Å². The molecule has 5 aliphatic rings. The largest absolute Gasteiger partial charge is 0.466 e. The molecule has 176 valence electrons. The summed E-state index contributed by atoms with van der Waals surface area (Å²) in [6.07, 6.45) is 8.64. The highest BCUT2D eigenvalue weighted by atomic mass is 16.7. The third-order valence-electron chi connectivity index (χ3n) is 11.1. The van der Waals surface area contributed by atoms with Gasteiger partial charge >= 0.3 is 5.97 Å². The quantitative estimate of drug-likeness (QED) is 0.652. The molecule has 1 heterocycles. The molecule has 5 fully saturated rings. The van der Waals surface area contributed by atoms with Gasteiger partial charge < -0.3 is 19.3 Å². The van der Waals surface area contributed by atoms with Gasteiger partial charge in [-0.3, -0.25) is 4.79 Å². The van der Waals surface area contributed by atoms with Crippen LogP contribution in [0.15, 0.2) is 0 Å². The molecule has 5 nitrogen and oxygen atoms in total. The van der Waals surface area contributed by atoms with Gasteiger partial charge in [0.05, 0.1) is 31.8 Å². The number of ether oxygens (including phenoxy) is 3. The molecule has 0 radical (unpaired) electrons. The molecule has 0 aromatic rings. The number of esters is 1. The van der Waals surface area contributed by atoms with E-state index in [2.05, 4.69) is 20.8 Å². The molecule has 0 unspecified atom stereocenters. The highest BCUT2D eigenvalue weighted by Crippen LogP contribution is 2.70. The second-order valence-corrected chi connectivity index (χ2v) is 11.9. The number of rotatable bonds is 3. The Morgan fingerprint density at radius 2 is 1.74 bits per heavy atom. The van der Waals surface area contributed by atoms with Gasteiger partial charge in [0.25, 0.3) is 0 Å². The molecule has 1 N–H and O–H groups in total. The Morgan fingerprint density at radius 3 is 2.45 bits per heavy atom. The third-order valence-corrected chi connectivity index (χ3v) is 11.1. The minimum atomic E-state index is -0.916. The lowest BCUT2D eigenvalue weighted by atomic mass is 9.42. The number of hydrogen-bond donors (Lipinski definition) is 1. The van der Waals surface area contributed by atoms with Crippen LogP contribution in [0.2, 0.25) is 0 Å². The molecule has 0 aromatic heterocycles. The number of carbonyl (C=O) groups is 1. The Labute approximate surface area is 187 Å². The second-order valence-electron chi connectivity index (χ2n) is 11.9. The lowest BCUT2D eigenvalue weighted by Gasteiger charge is -2.64. The highest BCUT2D eigenvalue weighted by molar-refractivity contribution is 5.71. The van der Waals surface area contributed by atoms with E-state index in [1.165, 1.54) is 12.8 Å². The van der Waals surface area contributed by atoms with Crippen molar-refractivity contribution in [3.63, 3.8) is 0 Å². The van der Waals surface area contributed by atoms with Crippen molar-refractivity contribution in [2.45, 2.75) is 96.9 Å². The molecular formula is C26H42O5. The summed E-state index contributed by atoms with van der Waals surface area (Å²) in [7, 11) is 0. The Morgan fingerprint density at radius 1 is 1.03 bits per heavy atom. The zero-order valence-corrected chi connectivity index (χ0v) is 20.0. The summed E-state index contributed by atoms with van der Waals surface area (Å²) in [5.41, 5.74) is -0.784. The van der Waals surface area contributed by atoms with Crippen LogP contribution < -0.4 is 0 Å². The lowest BCUT2D eigenvalue weighted by Crippen LogP contribution is -2.60. The summed E-state index contributed by atoms with van der Waals surface area (Å²) in [6.45, 7) is 11.0. The maximum absolute atomic E-state index is 12.3. The van der Waals surface area contributed by atoms with E-state index in [0.717, 1.165) is 51.7 Å². The van der Waals surface area contributed by atoms with Gasteiger partial charge in [0.15, 0.2) is 5.79 Å². The summed E-state index contributed by atoms with van der Waals surface area (Å²) in [4.78, 5) is 12.3. The van der Waals surface area contributed by atoms with E-state index in [1.807, 2.05) is 6.92 Å². The maximum Gasteiger partial charge on any atom is 0.308 e. The predicted molar refractivity (Wildman–Crippen MR) is 117 cm³/mol. The molecule has 0 bridgehead atoms. The predicted octanol–water partition coefficient (Wildman–Crippen LogP) is 4.70. The van der Waals surface area contributed by atoms with E-state index in [9.17, 15) is 9.90 Å². The average Bonchev–Trinajstić information content (AvgIpc) is 3.26. The Bertz CT molecular complexity index is 717. The summed E-state index contributed by atoms with van der Waals surface area (Å²) in [6, 6.07) is 0. The second kappa shape index (κ2) is 7.43. The van der Waals surface area contributed by atoms with Gasteiger partial charge in [0.2, 0.25) is 0 Å². The molecule has 0 aromatic carbocycles. The molecule has 1 saturated heterocycles. The first-order chi connectivity index (χ1) is 14.7. The molecule has 5 rings (SSSR count). The number of hydrogen-bond acceptors (Lipinski definition) is 5. The molecule has 0 amide bonds.